The topological polar surface area (TPSA) is 79.3 Å². The molecule has 0 aromatic carbocycles. The summed E-state index contributed by atoms with van der Waals surface area (Å²) in [5.41, 5.74) is -0.133. The fraction of sp³-hybridized carbons (Fsp3) is 0.462. The highest BCUT2D eigenvalue weighted by Gasteiger charge is 2.44. The fourth-order valence-corrected chi connectivity index (χ4v) is 2.31. The number of nitrogens with one attached hydrogen (secondary N) is 1. The number of amides is 1. The summed E-state index contributed by atoms with van der Waals surface area (Å²) in [4.78, 5) is 25.7. The Morgan fingerprint density at radius 1 is 1.33 bits per heavy atom. The second-order valence-electron chi connectivity index (χ2n) is 5.05. The Hall–Kier alpha value is -2.12. The Labute approximate surface area is 118 Å². The number of halogens is 3. The Morgan fingerprint density at radius 2 is 2.00 bits per heavy atom. The van der Waals surface area contributed by atoms with Crippen LogP contribution in [-0.2, 0) is 10.2 Å². The van der Waals surface area contributed by atoms with Gasteiger partial charge in [-0.25, -0.2) is 4.79 Å². The second kappa shape index (κ2) is 5.34. The molecular weight excluding hydrogens is 289 g/mol. The number of aromatic nitrogens is 1. The zero-order valence-corrected chi connectivity index (χ0v) is 10.9. The van der Waals surface area contributed by atoms with Crippen LogP contribution < -0.4 is 5.32 Å². The first kappa shape index (κ1) is 15.3. The molecule has 1 saturated carbocycles. The summed E-state index contributed by atoms with van der Waals surface area (Å²) in [6.45, 7) is -0.162. The summed E-state index contributed by atoms with van der Waals surface area (Å²) in [7, 11) is 0. The van der Waals surface area contributed by atoms with E-state index >= 15 is 0 Å². The molecule has 1 aliphatic rings. The van der Waals surface area contributed by atoms with Crippen molar-refractivity contribution in [1.82, 2.24) is 10.3 Å². The number of carbonyl (C=O) groups excluding carboxylic acids is 1. The van der Waals surface area contributed by atoms with E-state index in [4.69, 9.17) is 5.11 Å². The minimum absolute atomic E-state index is 0.00699. The number of pyridine rings is 1. The Kier molecular flexibility index (Phi) is 3.89. The first-order valence-electron chi connectivity index (χ1n) is 6.29. The van der Waals surface area contributed by atoms with Crippen LogP contribution in [0.2, 0.25) is 0 Å². The number of carboxylic acid groups (broad SMARTS) is 1. The number of nitrogens with zero attached hydrogens (tertiary/aromatic N) is 1. The largest absolute Gasteiger partial charge is 0.478 e. The molecule has 0 spiro atoms. The number of carboxylic acids is 1. The van der Waals surface area contributed by atoms with Gasteiger partial charge in [-0.15, -0.1) is 0 Å². The van der Waals surface area contributed by atoms with E-state index in [-0.39, 0.29) is 12.1 Å². The molecule has 5 nitrogen and oxygen atoms in total. The highest BCUT2D eigenvalue weighted by molar-refractivity contribution is 5.87. The summed E-state index contributed by atoms with van der Waals surface area (Å²) in [6.07, 6.45) is -1.71. The number of carbonyl (C=O) groups is 2. The SMILES string of the molecule is O=C(O)c1ccc(C2(CNC(=O)C(F)(F)F)CCC2)nc1. The summed E-state index contributed by atoms with van der Waals surface area (Å²) in [5.74, 6) is -3.10. The van der Waals surface area contributed by atoms with Gasteiger partial charge in [-0.3, -0.25) is 9.78 Å². The van der Waals surface area contributed by atoms with Crippen LogP contribution in [0.1, 0.15) is 35.3 Å². The molecule has 2 rings (SSSR count). The van der Waals surface area contributed by atoms with E-state index in [0.29, 0.717) is 18.5 Å². The molecule has 1 aliphatic carbocycles. The standard InChI is InChI=1S/C13H13F3N2O3/c14-13(15,16)11(21)18-7-12(4-1-5-12)9-3-2-8(6-17-9)10(19)20/h2-3,6H,1,4-5,7H2,(H,18,21)(H,19,20). The van der Waals surface area contributed by atoms with Crippen molar-refractivity contribution >= 4 is 11.9 Å². The van der Waals surface area contributed by atoms with E-state index in [0.717, 1.165) is 6.42 Å². The third-order valence-corrected chi connectivity index (χ3v) is 3.71. The van der Waals surface area contributed by atoms with Crippen LogP contribution in [0.15, 0.2) is 18.3 Å². The molecule has 2 N–H and O–H groups in total. The van der Waals surface area contributed by atoms with E-state index in [9.17, 15) is 22.8 Å². The molecule has 1 amide bonds. The maximum Gasteiger partial charge on any atom is 0.471 e. The molecule has 1 aromatic heterocycles. The van der Waals surface area contributed by atoms with Gasteiger partial charge in [-0.05, 0) is 25.0 Å². The molecule has 1 aromatic rings. The van der Waals surface area contributed by atoms with Crippen LogP contribution in [0.3, 0.4) is 0 Å². The Balaban J connectivity index is 2.11. The molecule has 0 bridgehead atoms. The summed E-state index contributed by atoms with van der Waals surface area (Å²) >= 11 is 0. The Morgan fingerprint density at radius 3 is 2.38 bits per heavy atom. The first-order chi connectivity index (χ1) is 9.74. The zero-order chi connectivity index (χ0) is 15.7. The molecular formula is C13H13F3N2O3. The van der Waals surface area contributed by atoms with Gasteiger partial charge in [0.1, 0.15) is 0 Å². The van der Waals surface area contributed by atoms with Crippen molar-refractivity contribution in [3.63, 3.8) is 0 Å². The van der Waals surface area contributed by atoms with Crippen LogP contribution in [0.5, 0.6) is 0 Å². The van der Waals surface area contributed by atoms with Crippen molar-refractivity contribution in [2.24, 2.45) is 0 Å². The van der Waals surface area contributed by atoms with E-state index in [1.54, 1.807) is 0 Å². The summed E-state index contributed by atoms with van der Waals surface area (Å²) < 4.78 is 36.6. The van der Waals surface area contributed by atoms with Gasteiger partial charge in [-0.1, -0.05) is 6.42 Å². The lowest BCUT2D eigenvalue weighted by atomic mass is 9.66. The predicted molar refractivity (Wildman–Crippen MR) is 65.8 cm³/mol. The van der Waals surface area contributed by atoms with Gasteiger partial charge < -0.3 is 10.4 Å². The normalized spacial score (nSPS) is 16.9. The van der Waals surface area contributed by atoms with Crippen molar-refractivity contribution < 1.29 is 27.9 Å². The second-order valence-corrected chi connectivity index (χ2v) is 5.05. The molecule has 0 unspecified atom stereocenters. The van der Waals surface area contributed by atoms with Gasteiger partial charge in [0, 0.05) is 23.9 Å². The van der Waals surface area contributed by atoms with E-state index in [1.807, 2.05) is 5.32 Å². The van der Waals surface area contributed by atoms with Crippen molar-refractivity contribution in [3.05, 3.63) is 29.6 Å². The maximum absolute atomic E-state index is 12.2. The molecule has 0 saturated heterocycles. The van der Waals surface area contributed by atoms with Crippen LogP contribution in [0.4, 0.5) is 13.2 Å². The minimum Gasteiger partial charge on any atom is -0.478 e. The summed E-state index contributed by atoms with van der Waals surface area (Å²) in [5, 5.41) is 10.7. The highest BCUT2D eigenvalue weighted by atomic mass is 19.4. The van der Waals surface area contributed by atoms with Crippen molar-refractivity contribution in [1.29, 1.82) is 0 Å². The smallest absolute Gasteiger partial charge is 0.471 e. The maximum atomic E-state index is 12.2. The molecule has 0 aliphatic heterocycles. The first-order valence-corrected chi connectivity index (χ1v) is 6.29. The van der Waals surface area contributed by atoms with Gasteiger partial charge in [-0.2, -0.15) is 13.2 Å². The van der Waals surface area contributed by atoms with E-state index in [2.05, 4.69) is 4.98 Å². The minimum atomic E-state index is -4.91. The number of hydrogen-bond donors (Lipinski definition) is 2. The third-order valence-electron chi connectivity index (χ3n) is 3.71. The van der Waals surface area contributed by atoms with Crippen LogP contribution in [-0.4, -0.2) is 34.7 Å². The quantitative estimate of drug-likeness (QED) is 0.890. The van der Waals surface area contributed by atoms with Crippen molar-refractivity contribution in [2.45, 2.75) is 30.9 Å². The average Bonchev–Trinajstić information content (AvgIpc) is 2.36. The number of aromatic carboxylic acids is 1. The fourth-order valence-electron chi connectivity index (χ4n) is 2.31. The number of alkyl halides is 3. The average molecular weight is 302 g/mol. The third kappa shape index (κ3) is 3.14. The zero-order valence-electron chi connectivity index (χ0n) is 10.9. The number of rotatable bonds is 4. The van der Waals surface area contributed by atoms with E-state index in [1.165, 1.54) is 18.3 Å². The molecule has 21 heavy (non-hydrogen) atoms. The monoisotopic (exact) mass is 302 g/mol. The van der Waals surface area contributed by atoms with Crippen molar-refractivity contribution in [2.75, 3.05) is 6.54 Å². The molecule has 114 valence electrons. The lowest BCUT2D eigenvalue weighted by molar-refractivity contribution is -0.174. The van der Waals surface area contributed by atoms with Crippen LogP contribution in [0, 0.1) is 0 Å². The molecule has 0 radical (unpaired) electrons. The lowest BCUT2D eigenvalue weighted by Gasteiger charge is -2.41. The van der Waals surface area contributed by atoms with Crippen molar-refractivity contribution in [3.8, 4) is 0 Å². The van der Waals surface area contributed by atoms with Gasteiger partial charge in [0.25, 0.3) is 0 Å². The Bertz CT molecular complexity index is 551. The van der Waals surface area contributed by atoms with Gasteiger partial charge in [0.2, 0.25) is 0 Å². The molecule has 1 fully saturated rings. The van der Waals surface area contributed by atoms with E-state index < -0.39 is 23.5 Å². The van der Waals surface area contributed by atoms with Crippen LogP contribution >= 0.6 is 0 Å². The molecule has 1 heterocycles. The van der Waals surface area contributed by atoms with Gasteiger partial charge >= 0.3 is 18.1 Å². The molecule has 0 atom stereocenters. The molecule has 8 heteroatoms. The number of hydrogen-bond acceptors (Lipinski definition) is 3. The summed E-state index contributed by atoms with van der Waals surface area (Å²) in [6, 6.07) is 2.85. The highest BCUT2D eigenvalue weighted by Crippen LogP contribution is 2.42. The predicted octanol–water partition coefficient (Wildman–Crippen LogP) is 1.88. The van der Waals surface area contributed by atoms with Gasteiger partial charge in [0.15, 0.2) is 0 Å². The van der Waals surface area contributed by atoms with Gasteiger partial charge in [0.05, 0.1) is 5.56 Å². The van der Waals surface area contributed by atoms with Crippen LogP contribution in [0.25, 0.3) is 0 Å². The lowest BCUT2D eigenvalue weighted by Crippen LogP contribution is -2.49.